The van der Waals surface area contributed by atoms with Crippen LogP contribution in [0.3, 0.4) is 0 Å². The van der Waals surface area contributed by atoms with Crippen molar-refractivity contribution in [3.8, 4) is 0 Å². The average Bonchev–Trinajstić information content (AvgIpc) is 2.38. The molecule has 0 aliphatic heterocycles. The fourth-order valence-corrected chi connectivity index (χ4v) is 2.97. The molecule has 2 rings (SSSR count). The molecular formula is C17H26N2O. The number of rotatable bonds is 3. The zero-order valence-electron chi connectivity index (χ0n) is 12.8. The monoisotopic (exact) mass is 274 g/mol. The van der Waals surface area contributed by atoms with E-state index in [9.17, 15) is 4.79 Å². The van der Waals surface area contributed by atoms with E-state index in [-0.39, 0.29) is 17.4 Å². The number of carbonyl (C=O) groups excluding carboxylic acids is 1. The molecule has 1 saturated carbocycles. The van der Waals surface area contributed by atoms with Gasteiger partial charge in [0, 0.05) is 11.2 Å². The van der Waals surface area contributed by atoms with Crippen LogP contribution in [0.4, 0.5) is 5.69 Å². The molecule has 1 amide bonds. The van der Waals surface area contributed by atoms with Crippen LogP contribution in [0.25, 0.3) is 0 Å². The third-order valence-corrected chi connectivity index (χ3v) is 4.42. The van der Waals surface area contributed by atoms with Crippen molar-refractivity contribution in [2.75, 3.05) is 5.32 Å². The second-order valence-electron chi connectivity index (χ2n) is 6.57. The maximum atomic E-state index is 12.4. The molecule has 2 atom stereocenters. The molecule has 1 aliphatic carbocycles. The molecule has 1 aromatic carbocycles. The fraction of sp³-hybridized carbons (Fsp3) is 0.588. The highest BCUT2D eigenvalue weighted by molar-refractivity contribution is 5.93. The summed E-state index contributed by atoms with van der Waals surface area (Å²) < 4.78 is 0. The Morgan fingerprint density at radius 1 is 1.30 bits per heavy atom. The molecule has 1 aromatic rings. The summed E-state index contributed by atoms with van der Waals surface area (Å²) >= 11 is 0. The molecule has 3 N–H and O–H groups in total. The Hall–Kier alpha value is -1.35. The summed E-state index contributed by atoms with van der Waals surface area (Å²) in [5.74, 6) is 0.485. The van der Waals surface area contributed by atoms with Gasteiger partial charge in [0.25, 0.3) is 0 Å². The maximum absolute atomic E-state index is 12.4. The lowest BCUT2D eigenvalue weighted by molar-refractivity contribution is -0.122. The summed E-state index contributed by atoms with van der Waals surface area (Å²) in [6.45, 7) is 6.32. The quantitative estimate of drug-likeness (QED) is 0.884. The number of nitrogens with two attached hydrogens (primary N) is 1. The van der Waals surface area contributed by atoms with Gasteiger partial charge in [-0.25, -0.2) is 0 Å². The Morgan fingerprint density at radius 3 is 2.50 bits per heavy atom. The first-order chi connectivity index (χ1) is 9.40. The molecule has 110 valence electrons. The van der Waals surface area contributed by atoms with Crippen molar-refractivity contribution in [2.45, 2.75) is 57.9 Å². The van der Waals surface area contributed by atoms with E-state index in [2.05, 4.69) is 31.3 Å². The van der Waals surface area contributed by atoms with E-state index in [0.717, 1.165) is 31.4 Å². The van der Waals surface area contributed by atoms with Crippen molar-refractivity contribution in [3.05, 3.63) is 29.8 Å². The van der Waals surface area contributed by atoms with Crippen LogP contribution in [0.1, 0.15) is 57.9 Å². The van der Waals surface area contributed by atoms with Crippen LogP contribution in [0.2, 0.25) is 0 Å². The van der Waals surface area contributed by atoms with E-state index in [1.54, 1.807) is 0 Å². The van der Waals surface area contributed by atoms with Crippen LogP contribution in [-0.2, 0) is 4.79 Å². The van der Waals surface area contributed by atoms with Crippen molar-refractivity contribution in [2.24, 2.45) is 11.7 Å². The van der Waals surface area contributed by atoms with Crippen LogP contribution < -0.4 is 11.1 Å². The summed E-state index contributed by atoms with van der Waals surface area (Å²) in [5, 5.41) is 3.01. The van der Waals surface area contributed by atoms with E-state index in [1.165, 1.54) is 5.56 Å². The molecule has 2 unspecified atom stereocenters. The fourth-order valence-electron chi connectivity index (χ4n) is 2.97. The summed E-state index contributed by atoms with van der Waals surface area (Å²) in [6.07, 6.45) is 4.04. The number of carbonyl (C=O) groups is 1. The Labute approximate surface area is 121 Å². The first-order valence-corrected chi connectivity index (χ1v) is 7.60. The summed E-state index contributed by atoms with van der Waals surface area (Å²) in [4.78, 5) is 12.4. The molecule has 3 nitrogen and oxygen atoms in total. The van der Waals surface area contributed by atoms with Crippen LogP contribution in [-0.4, -0.2) is 11.4 Å². The zero-order valence-corrected chi connectivity index (χ0v) is 12.8. The van der Waals surface area contributed by atoms with Crippen LogP contribution in [0.5, 0.6) is 0 Å². The number of hydrogen-bond donors (Lipinski definition) is 2. The highest BCUT2D eigenvalue weighted by Crippen LogP contribution is 2.32. The van der Waals surface area contributed by atoms with Gasteiger partial charge in [0.05, 0.1) is 5.92 Å². The number of hydrogen-bond acceptors (Lipinski definition) is 2. The van der Waals surface area contributed by atoms with Crippen molar-refractivity contribution < 1.29 is 4.79 Å². The van der Waals surface area contributed by atoms with Gasteiger partial charge in [0.1, 0.15) is 0 Å². The predicted octanol–water partition coefficient (Wildman–Crippen LogP) is 3.66. The van der Waals surface area contributed by atoms with Crippen molar-refractivity contribution in [3.63, 3.8) is 0 Å². The van der Waals surface area contributed by atoms with Gasteiger partial charge in [0.15, 0.2) is 0 Å². The Kier molecular flexibility index (Phi) is 4.48. The van der Waals surface area contributed by atoms with Gasteiger partial charge in [0.2, 0.25) is 5.91 Å². The van der Waals surface area contributed by atoms with Gasteiger partial charge < -0.3 is 11.1 Å². The number of amides is 1. The van der Waals surface area contributed by atoms with E-state index < -0.39 is 0 Å². The van der Waals surface area contributed by atoms with Crippen LogP contribution >= 0.6 is 0 Å². The van der Waals surface area contributed by atoms with Crippen LogP contribution in [0, 0.1) is 5.92 Å². The lowest BCUT2D eigenvalue weighted by Gasteiger charge is -2.37. The lowest BCUT2D eigenvalue weighted by Crippen LogP contribution is -2.51. The summed E-state index contributed by atoms with van der Waals surface area (Å²) in [5.41, 5.74) is 8.05. The molecule has 0 spiro atoms. The molecule has 1 aliphatic rings. The minimum absolute atomic E-state index is 0.0620. The van der Waals surface area contributed by atoms with E-state index >= 15 is 0 Å². The molecule has 20 heavy (non-hydrogen) atoms. The zero-order chi connectivity index (χ0) is 14.8. The molecule has 0 saturated heterocycles. The molecule has 0 aromatic heterocycles. The Balaban J connectivity index is 2.03. The first-order valence-electron chi connectivity index (χ1n) is 7.60. The molecule has 0 heterocycles. The van der Waals surface area contributed by atoms with Crippen molar-refractivity contribution in [1.82, 2.24) is 0 Å². The second kappa shape index (κ2) is 5.96. The standard InChI is InChI=1S/C17H26N2O/c1-12(2)13-7-9-14(10-8-13)19-16(20)15-6-4-5-11-17(15,3)18/h7-10,12,15H,4-6,11,18H2,1-3H3,(H,19,20). The molecule has 3 heteroatoms. The molecule has 0 radical (unpaired) electrons. The highest BCUT2D eigenvalue weighted by atomic mass is 16.1. The van der Waals surface area contributed by atoms with Gasteiger partial charge in [-0.2, -0.15) is 0 Å². The predicted molar refractivity (Wildman–Crippen MR) is 83.7 cm³/mol. The minimum atomic E-state index is -0.375. The smallest absolute Gasteiger partial charge is 0.229 e. The molecule has 0 bridgehead atoms. The molecule has 1 fully saturated rings. The SMILES string of the molecule is CC(C)c1ccc(NC(=O)C2CCCCC2(C)N)cc1. The highest BCUT2D eigenvalue weighted by Gasteiger charge is 2.37. The van der Waals surface area contributed by atoms with Gasteiger partial charge in [-0.05, 0) is 43.4 Å². The van der Waals surface area contributed by atoms with Crippen molar-refractivity contribution in [1.29, 1.82) is 0 Å². The third kappa shape index (κ3) is 3.40. The van der Waals surface area contributed by atoms with E-state index in [1.807, 2.05) is 19.1 Å². The van der Waals surface area contributed by atoms with Crippen LogP contribution in [0.15, 0.2) is 24.3 Å². The minimum Gasteiger partial charge on any atom is -0.326 e. The average molecular weight is 274 g/mol. The van der Waals surface area contributed by atoms with E-state index in [0.29, 0.717) is 5.92 Å². The summed E-state index contributed by atoms with van der Waals surface area (Å²) in [6, 6.07) is 8.10. The number of nitrogens with one attached hydrogen (secondary N) is 1. The molecular weight excluding hydrogens is 248 g/mol. The number of anilines is 1. The third-order valence-electron chi connectivity index (χ3n) is 4.42. The van der Waals surface area contributed by atoms with E-state index in [4.69, 9.17) is 5.73 Å². The topological polar surface area (TPSA) is 55.1 Å². The van der Waals surface area contributed by atoms with Gasteiger partial charge in [-0.15, -0.1) is 0 Å². The van der Waals surface area contributed by atoms with Crippen molar-refractivity contribution >= 4 is 11.6 Å². The summed E-state index contributed by atoms with van der Waals surface area (Å²) in [7, 11) is 0. The van der Waals surface area contributed by atoms with Gasteiger partial charge in [-0.1, -0.05) is 38.8 Å². The normalized spacial score (nSPS) is 26.6. The lowest BCUT2D eigenvalue weighted by atomic mass is 9.74. The Morgan fingerprint density at radius 2 is 1.95 bits per heavy atom. The maximum Gasteiger partial charge on any atom is 0.229 e. The Bertz CT molecular complexity index is 462. The van der Waals surface area contributed by atoms with Gasteiger partial charge in [-0.3, -0.25) is 4.79 Å². The number of benzene rings is 1. The largest absolute Gasteiger partial charge is 0.326 e. The van der Waals surface area contributed by atoms with Gasteiger partial charge >= 0.3 is 0 Å². The second-order valence-corrected chi connectivity index (χ2v) is 6.57. The first kappa shape index (κ1) is 15.0.